The number of carbonyl (C=O) groups is 1. The third kappa shape index (κ3) is 5.84. The van der Waals surface area contributed by atoms with E-state index in [0.717, 1.165) is 17.7 Å². The van der Waals surface area contributed by atoms with Gasteiger partial charge in [-0.05, 0) is 42.8 Å². The normalized spacial score (nSPS) is 10.9. The number of anilines is 1. The lowest BCUT2D eigenvalue weighted by atomic mass is 10.2. The first kappa shape index (κ1) is 21.4. The second kappa shape index (κ2) is 10.5. The molecule has 0 saturated carbocycles. The Bertz CT molecular complexity index is 1020. The number of aromatic nitrogens is 3. The van der Waals surface area contributed by atoms with Crippen LogP contribution in [0.4, 0.5) is 5.82 Å². The number of rotatable bonds is 9. The van der Waals surface area contributed by atoms with Gasteiger partial charge >= 0.3 is 0 Å². The van der Waals surface area contributed by atoms with E-state index in [0.29, 0.717) is 35.5 Å². The summed E-state index contributed by atoms with van der Waals surface area (Å²) in [6, 6.07) is 11.0. The van der Waals surface area contributed by atoms with Crippen molar-refractivity contribution in [1.29, 1.82) is 0 Å². The Morgan fingerprint density at radius 1 is 1.30 bits per heavy atom. The van der Waals surface area contributed by atoms with Crippen LogP contribution in [-0.2, 0) is 17.8 Å². The molecule has 0 saturated heterocycles. The summed E-state index contributed by atoms with van der Waals surface area (Å²) >= 11 is 6.26. The Balaban J connectivity index is 1.58. The van der Waals surface area contributed by atoms with E-state index in [1.165, 1.54) is 6.08 Å². The lowest BCUT2D eigenvalue weighted by Gasteiger charge is -2.11. The average molecular weight is 427 g/mol. The molecule has 0 fully saturated rings. The fourth-order valence-electron chi connectivity index (χ4n) is 2.79. The molecule has 0 spiro atoms. The third-order valence-electron chi connectivity index (χ3n) is 4.18. The molecule has 0 unspecified atom stereocenters. The number of methoxy groups -OCH3 is 1. The number of pyridine rings is 1. The first-order valence-corrected chi connectivity index (χ1v) is 9.89. The lowest BCUT2D eigenvalue weighted by Crippen LogP contribution is -2.09. The molecule has 0 radical (unpaired) electrons. The second-order valence-electron chi connectivity index (χ2n) is 6.32. The van der Waals surface area contributed by atoms with E-state index in [-0.39, 0.29) is 5.91 Å². The minimum absolute atomic E-state index is 0.297. The van der Waals surface area contributed by atoms with E-state index in [1.54, 1.807) is 42.3 Å². The van der Waals surface area contributed by atoms with Crippen LogP contribution in [0.1, 0.15) is 18.2 Å². The number of halogens is 1. The highest BCUT2D eigenvalue weighted by molar-refractivity contribution is 6.32. The maximum Gasteiger partial charge on any atom is 0.249 e. The number of hydrogen-bond donors (Lipinski definition) is 1. The van der Waals surface area contributed by atoms with Gasteiger partial charge in [0.2, 0.25) is 5.91 Å². The highest BCUT2D eigenvalue weighted by atomic mass is 35.5. The molecule has 30 heavy (non-hydrogen) atoms. The van der Waals surface area contributed by atoms with Crippen LogP contribution in [0, 0.1) is 0 Å². The Hall–Kier alpha value is -3.32. The van der Waals surface area contributed by atoms with Crippen LogP contribution in [0.5, 0.6) is 11.5 Å². The van der Waals surface area contributed by atoms with E-state index >= 15 is 0 Å². The number of carbonyl (C=O) groups excluding carboxylic acids is 1. The van der Waals surface area contributed by atoms with Gasteiger partial charge in [-0.1, -0.05) is 17.7 Å². The summed E-state index contributed by atoms with van der Waals surface area (Å²) in [4.78, 5) is 16.5. The zero-order valence-electron chi connectivity index (χ0n) is 16.8. The molecule has 0 bridgehead atoms. The Morgan fingerprint density at radius 3 is 2.90 bits per heavy atom. The maximum atomic E-state index is 12.2. The molecule has 0 aliphatic rings. The van der Waals surface area contributed by atoms with Crippen molar-refractivity contribution in [2.75, 3.05) is 19.0 Å². The molecular formula is C22H23ClN4O3. The van der Waals surface area contributed by atoms with Crippen molar-refractivity contribution in [3.05, 3.63) is 71.1 Å². The van der Waals surface area contributed by atoms with Gasteiger partial charge in [0.15, 0.2) is 17.3 Å². The summed E-state index contributed by atoms with van der Waals surface area (Å²) in [5, 5.41) is 7.52. The number of ether oxygens (including phenoxy) is 2. The fourth-order valence-corrected chi connectivity index (χ4v) is 3.06. The van der Waals surface area contributed by atoms with Crippen LogP contribution in [0.2, 0.25) is 5.02 Å². The third-order valence-corrected chi connectivity index (χ3v) is 4.46. The molecule has 156 valence electrons. The molecule has 0 aliphatic heterocycles. The van der Waals surface area contributed by atoms with Gasteiger partial charge in [0, 0.05) is 43.2 Å². The molecule has 1 N–H and O–H groups in total. The molecule has 3 aromatic rings. The zero-order chi connectivity index (χ0) is 21.3. The van der Waals surface area contributed by atoms with Gasteiger partial charge in [0.1, 0.15) is 0 Å². The van der Waals surface area contributed by atoms with Crippen molar-refractivity contribution in [2.45, 2.75) is 19.9 Å². The summed E-state index contributed by atoms with van der Waals surface area (Å²) in [5.41, 5.74) is 1.71. The number of nitrogens with zero attached hydrogens (tertiary/aromatic N) is 3. The number of aryl methyl sites for hydroxylation is 2. The van der Waals surface area contributed by atoms with Crippen molar-refractivity contribution in [1.82, 2.24) is 14.8 Å². The molecule has 0 atom stereocenters. The Labute approximate surface area is 180 Å². The summed E-state index contributed by atoms with van der Waals surface area (Å²) in [5.74, 6) is 1.18. The summed E-state index contributed by atoms with van der Waals surface area (Å²) in [6.45, 7) is 3.02. The highest BCUT2D eigenvalue weighted by Crippen LogP contribution is 2.36. The molecule has 1 aromatic carbocycles. The predicted octanol–water partition coefficient (Wildman–Crippen LogP) is 4.23. The molecule has 3 rings (SSSR count). The Morgan fingerprint density at radius 2 is 2.17 bits per heavy atom. The quantitative estimate of drug-likeness (QED) is 0.518. The van der Waals surface area contributed by atoms with Crippen LogP contribution in [0.3, 0.4) is 0 Å². The molecule has 2 aromatic heterocycles. The van der Waals surface area contributed by atoms with Gasteiger partial charge in [-0.2, -0.15) is 5.10 Å². The van der Waals surface area contributed by atoms with Gasteiger partial charge in [0.05, 0.1) is 18.7 Å². The van der Waals surface area contributed by atoms with E-state index < -0.39 is 0 Å². The molecule has 8 heteroatoms. The fraction of sp³-hybridized carbons (Fsp3) is 0.227. The summed E-state index contributed by atoms with van der Waals surface area (Å²) in [7, 11) is 1.54. The highest BCUT2D eigenvalue weighted by Gasteiger charge is 2.11. The molecule has 7 nitrogen and oxygen atoms in total. The zero-order valence-corrected chi connectivity index (χ0v) is 17.6. The first-order chi connectivity index (χ1) is 14.6. The van der Waals surface area contributed by atoms with Crippen molar-refractivity contribution in [2.24, 2.45) is 0 Å². The standard InChI is InChI=1S/C22H23ClN4O3/c1-3-30-22-18(23)14-16(15-19(22)29-2)7-8-21(28)25-20-10-13-27(26-20)12-9-17-6-4-5-11-24-17/h4-8,10-11,13-15H,3,9,12H2,1-2H3,(H,25,26,28)/b8-7+. The van der Waals surface area contributed by atoms with Crippen LogP contribution < -0.4 is 14.8 Å². The number of nitrogens with one attached hydrogen (secondary N) is 1. The SMILES string of the molecule is CCOc1c(Cl)cc(/C=C/C(=O)Nc2ccn(CCc3ccccn3)n2)cc1OC. The van der Waals surface area contributed by atoms with E-state index in [9.17, 15) is 4.79 Å². The first-order valence-electron chi connectivity index (χ1n) is 9.51. The van der Waals surface area contributed by atoms with Gasteiger partial charge in [-0.15, -0.1) is 0 Å². The summed E-state index contributed by atoms with van der Waals surface area (Å²) in [6.07, 6.45) is 7.41. The average Bonchev–Trinajstić information content (AvgIpc) is 3.20. The predicted molar refractivity (Wildman–Crippen MR) is 117 cm³/mol. The second-order valence-corrected chi connectivity index (χ2v) is 6.73. The van der Waals surface area contributed by atoms with E-state index in [1.807, 2.05) is 31.3 Å². The minimum Gasteiger partial charge on any atom is -0.493 e. The monoisotopic (exact) mass is 426 g/mol. The van der Waals surface area contributed by atoms with Crippen LogP contribution >= 0.6 is 11.6 Å². The molecule has 0 aliphatic carbocycles. The smallest absolute Gasteiger partial charge is 0.249 e. The van der Waals surface area contributed by atoms with Gasteiger partial charge in [0.25, 0.3) is 0 Å². The van der Waals surface area contributed by atoms with Crippen molar-refractivity contribution in [3.8, 4) is 11.5 Å². The Kier molecular flexibility index (Phi) is 7.45. The van der Waals surface area contributed by atoms with Crippen molar-refractivity contribution >= 4 is 29.4 Å². The minimum atomic E-state index is -0.297. The largest absolute Gasteiger partial charge is 0.493 e. The van der Waals surface area contributed by atoms with Gasteiger partial charge in [-0.3, -0.25) is 14.5 Å². The number of amides is 1. The number of benzene rings is 1. The van der Waals surface area contributed by atoms with Crippen molar-refractivity contribution in [3.63, 3.8) is 0 Å². The maximum absolute atomic E-state index is 12.2. The van der Waals surface area contributed by atoms with E-state index in [4.69, 9.17) is 21.1 Å². The van der Waals surface area contributed by atoms with Crippen molar-refractivity contribution < 1.29 is 14.3 Å². The molecular weight excluding hydrogens is 404 g/mol. The van der Waals surface area contributed by atoms with Gasteiger partial charge in [-0.25, -0.2) is 0 Å². The van der Waals surface area contributed by atoms with E-state index in [2.05, 4.69) is 15.4 Å². The lowest BCUT2D eigenvalue weighted by molar-refractivity contribution is -0.111. The molecule has 2 heterocycles. The van der Waals surface area contributed by atoms with Crippen LogP contribution in [0.25, 0.3) is 6.08 Å². The van der Waals surface area contributed by atoms with Gasteiger partial charge < -0.3 is 14.8 Å². The topological polar surface area (TPSA) is 78.3 Å². The number of hydrogen-bond acceptors (Lipinski definition) is 5. The van der Waals surface area contributed by atoms with Crippen LogP contribution in [-0.4, -0.2) is 34.4 Å². The van der Waals surface area contributed by atoms with Crippen LogP contribution in [0.15, 0.2) is 54.9 Å². The molecule has 1 amide bonds. The summed E-state index contributed by atoms with van der Waals surface area (Å²) < 4.78 is 12.6.